The number of halogens is 2. The quantitative estimate of drug-likeness (QED) is 0.290. The number of benzene rings is 2. The summed E-state index contributed by atoms with van der Waals surface area (Å²) in [6, 6.07) is 15.9. The van der Waals surface area contributed by atoms with Crippen molar-refractivity contribution in [3.63, 3.8) is 0 Å². The molecule has 4 rings (SSSR count). The zero-order valence-electron chi connectivity index (χ0n) is 14.9. The van der Waals surface area contributed by atoms with Crippen molar-refractivity contribution in [3.05, 3.63) is 71.0 Å². The van der Waals surface area contributed by atoms with Crippen LogP contribution in [0, 0.1) is 0 Å². The number of imidazole rings is 1. The number of hydrogen-bond acceptors (Lipinski definition) is 5. The monoisotopic (exact) mass is 444 g/mol. The highest BCUT2D eigenvalue weighted by Crippen LogP contribution is 2.24. The van der Waals surface area contributed by atoms with Gasteiger partial charge in [0, 0.05) is 10.7 Å². The second-order valence-electron chi connectivity index (χ2n) is 5.98. The normalized spacial score (nSPS) is 10.8. The van der Waals surface area contributed by atoms with E-state index in [1.807, 2.05) is 6.07 Å². The summed E-state index contributed by atoms with van der Waals surface area (Å²) in [7, 11) is 0. The maximum atomic E-state index is 12.2. The molecule has 2 N–H and O–H groups in total. The number of H-pyrrole nitrogens is 1. The summed E-state index contributed by atoms with van der Waals surface area (Å²) in [6.45, 7) is 0. The van der Waals surface area contributed by atoms with E-state index in [2.05, 4.69) is 20.3 Å². The van der Waals surface area contributed by atoms with Crippen molar-refractivity contribution >= 4 is 57.6 Å². The zero-order chi connectivity index (χ0) is 20.2. The average Bonchev–Trinajstić information content (AvgIpc) is 3.12. The maximum Gasteiger partial charge on any atom is 0.234 e. The number of ether oxygens (including phenoxy) is 1. The fraction of sp³-hybridized carbons (Fsp3) is 0.0500. The summed E-state index contributed by atoms with van der Waals surface area (Å²) in [6.07, 6.45) is 1.54. The van der Waals surface area contributed by atoms with Crippen molar-refractivity contribution < 1.29 is 9.53 Å². The molecule has 0 saturated carbocycles. The van der Waals surface area contributed by atoms with Crippen molar-refractivity contribution in [2.75, 3.05) is 11.1 Å². The van der Waals surface area contributed by atoms with Crippen LogP contribution < -0.4 is 10.1 Å². The van der Waals surface area contributed by atoms with E-state index in [-0.39, 0.29) is 11.7 Å². The van der Waals surface area contributed by atoms with Crippen molar-refractivity contribution in [3.8, 4) is 11.5 Å². The number of aromatic amines is 1. The van der Waals surface area contributed by atoms with E-state index in [9.17, 15) is 4.79 Å². The third-order valence-corrected chi connectivity index (χ3v) is 5.17. The molecule has 2 aromatic heterocycles. The minimum Gasteiger partial charge on any atom is -0.456 e. The highest BCUT2D eigenvalue weighted by Gasteiger charge is 2.08. The van der Waals surface area contributed by atoms with Crippen LogP contribution in [0.25, 0.3) is 11.0 Å². The summed E-state index contributed by atoms with van der Waals surface area (Å²) in [4.78, 5) is 23.8. The zero-order valence-corrected chi connectivity index (χ0v) is 17.2. The number of nitrogens with one attached hydrogen (secondary N) is 2. The molecule has 0 aliphatic carbocycles. The number of nitrogens with zero attached hydrogens (tertiary/aromatic N) is 2. The Bertz CT molecular complexity index is 1150. The van der Waals surface area contributed by atoms with E-state index in [0.29, 0.717) is 32.5 Å². The molecule has 4 aromatic rings. The van der Waals surface area contributed by atoms with Crippen LogP contribution in [0.4, 0.5) is 5.69 Å². The minimum atomic E-state index is -0.135. The van der Waals surface area contributed by atoms with E-state index in [1.165, 1.54) is 11.8 Å². The third kappa shape index (κ3) is 5.20. The van der Waals surface area contributed by atoms with E-state index in [4.69, 9.17) is 27.9 Å². The average molecular weight is 445 g/mol. The fourth-order valence-corrected chi connectivity index (χ4v) is 3.49. The molecular formula is C20H14Cl2N4O2S. The van der Waals surface area contributed by atoms with Gasteiger partial charge < -0.3 is 15.0 Å². The van der Waals surface area contributed by atoms with Gasteiger partial charge in [0.2, 0.25) is 5.91 Å². The SMILES string of the molecule is O=C(CSc1nc2ccc(Cl)cc2[nH]1)Nc1ccc(Oc2ccc(Cl)nc2)cc1. The smallest absolute Gasteiger partial charge is 0.234 e. The summed E-state index contributed by atoms with van der Waals surface area (Å²) < 4.78 is 5.68. The minimum absolute atomic E-state index is 0.135. The Kier molecular flexibility index (Phi) is 5.89. The van der Waals surface area contributed by atoms with Crippen LogP contribution in [0.15, 0.2) is 66.0 Å². The summed E-state index contributed by atoms with van der Waals surface area (Å²) in [5.74, 6) is 1.30. The fourth-order valence-electron chi connectivity index (χ4n) is 2.52. The number of anilines is 1. The molecule has 2 aromatic carbocycles. The first-order valence-corrected chi connectivity index (χ1v) is 10.3. The topological polar surface area (TPSA) is 79.9 Å². The van der Waals surface area contributed by atoms with Gasteiger partial charge in [-0.25, -0.2) is 9.97 Å². The van der Waals surface area contributed by atoms with Crippen LogP contribution in [0.2, 0.25) is 10.2 Å². The molecule has 0 bridgehead atoms. The van der Waals surface area contributed by atoms with Gasteiger partial charge in [-0.1, -0.05) is 35.0 Å². The number of carbonyl (C=O) groups excluding carboxylic acids is 1. The van der Waals surface area contributed by atoms with Gasteiger partial charge in [-0.05, 0) is 54.6 Å². The van der Waals surface area contributed by atoms with Gasteiger partial charge in [0.15, 0.2) is 5.16 Å². The van der Waals surface area contributed by atoms with E-state index < -0.39 is 0 Å². The van der Waals surface area contributed by atoms with E-state index >= 15 is 0 Å². The molecule has 1 amide bonds. The van der Waals surface area contributed by atoms with Gasteiger partial charge in [-0.2, -0.15) is 0 Å². The van der Waals surface area contributed by atoms with Crippen LogP contribution in [0.1, 0.15) is 0 Å². The molecule has 6 nitrogen and oxygen atoms in total. The third-order valence-electron chi connectivity index (χ3n) is 3.84. The molecule has 9 heteroatoms. The summed E-state index contributed by atoms with van der Waals surface area (Å²) in [5, 5.41) is 4.55. The van der Waals surface area contributed by atoms with Gasteiger partial charge in [0.1, 0.15) is 16.7 Å². The molecule has 0 saturated heterocycles. The molecule has 0 spiro atoms. The van der Waals surface area contributed by atoms with Crippen LogP contribution in [-0.4, -0.2) is 26.6 Å². The Morgan fingerprint density at radius 1 is 1.07 bits per heavy atom. The molecule has 29 heavy (non-hydrogen) atoms. The van der Waals surface area contributed by atoms with E-state index in [0.717, 1.165) is 11.0 Å². The number of hydrogen-bond donors (Lipinski definition) is 2. The highest BCUT2D eigenvalue weighted by molar-refractivity contribution is 7.99. The predicted molar refractivity (Wildman–Crippen MR) is 116 cm³/mol. The Balaban J connectivity index is 1.31. The summed E-state index contributed by atoms with van der Waals surface area (Å²) in [5.41, 5.74) is 2.32. The van der Waals surface area contributed by atoms with Gasteiger partial charge in [-0.3, -0.25) is 4.79 Å². The molecule has 0 radical (unpaired) electrons. The number of rotatable bonds is 6. The second-order valence-corrected chi connectivity index (χ2v) is 7.77. The number of aromatic nitrogens is 3. The molecular weight excluding hydrogens is 431 g/mol. The molecule has 0 unspecified atom stereocenters. The first kappa shape index (κ1) is 19.6. The van der Waals surface area contributed by atoms with Crippen LogP contribution in [0.5, 0.6) is 11.5 Å². The molecule has 0 fully saturated rings. The molecule has 0 aliphatic heterocycles. The standard InChI is InChI=1S/C20H14Cl2N4O2S/c21-12-1-7-16-17(9-12)26-20(25-16)29-11-19(27)24-13-2-4-14(5-3-13)28-15-6-8-18(22)23-10-15/h1-10H,11H2,(H,24,27)(H,25,26). The van der Waals surface area contributed by atoms with Gasteiger partial charge >= 0.3 is 0 Å². The lowest BCUT2D eigenvalue weighted by Crippen LogP contribution is -2.13. The Morgan fingerprint density at radius 2 is 1.86 bits per heavy atom. The van der Waals surface area contributed by atoms with Crippen LogP contribution in [-0.2, 0) is 4.79 Å². The number of amides is 1. The lowest BCUT2D eigenvalue weighted by atomic mass is 10.3. The Labute approximate surface area is 180 Å². The number of carbonyl (C=O) groups is 1. The maximum absolute atomic E-state index is 12.2. The van der Waals surface area contributed by atoms with Gasteiger partial charge in [0.25, 0.3) is 0 Å². The van der Waals surface area contributed by atoms with Gasteiger partial charge in [-0.15, -0.1) is 0 Å². The Hall–Kier alpha value is -2.74. The van der Waals surface area contributed by atoms with Crippen LogP contribution in [0.3, 0.4) is 0 Å². The predicted octanol–water partition coefficient (Wildman–Crippen LogP) is 5.79. The van der Waals surface area contributed by atoms with Crippen molar-refractivity contribution in [1.82, 2.24) is 15.0 Å². The molecule has 0 atom stereocenters. The number of thioether (sulfide) groups is 1. The van der Waals surface area contributed by atoms with Crippen molar-refractivity contribution in [2.45, 2.75) is 5.16 Å². The lowest BCUT2D eigenvalue weighted by Gasteiger charge is -2.07. The molecule has 146 valence electrons. The van der Waals surface area contributed by atoms with Crippen LogP contribution >= 0.6 is 35.0 Å². The first-order chi connectivity index (χ1) is 14.0. The molecule has 0 aliphatic rings. The van der Waals surface area contributed by atoms with E-state index in [1.54, 1.807) is 54.7 Å². The Morgan fingerprint density at radius 3 is 2.62 bits per heavy atom. The molecule has 2 heterocycles. The van der Waals surface area contributed by atoms with Gasteiger partial charge in [0.05, 0.1) is 23.0 Å². The number of pyridine rings is 1. The van der Waals surface area contributed by atoms with Crippen molar-refractivity contribution in [2.24, 2.45) is 0 Å². The second kappa shape index (κ2) is 8.73. The van der Waals surface area contributed by atoms with Crippen molar-refractivity contribution in [1.29, 1.82) is 0 Å². The summed E-state index contributed by atoms with van der Waals surface area (Å²) >= 11 is 13.0. The largest absolute Gasteiger partial charge is 0.456 e. The lowest BCUT2D eigenvalue weighted by molar-refractivity contribution is -0.113. The highest BCUT2D eigenvalue weighted by atomic mass is 35.5. The first-order valence-electron chi connectivity index (χ1n) is 8.52. The number of fused-ring (bicyclic) bond motifs is 1.